The zero-order valence-electron chi connectivity index (χ0n) is 13.6. The van der Waals surface area contributed by atoms with Crippen molar-refractivity contribution in [2.75, 3.05) is 19.3 Å². The van der Waals surface area contributed by atoms with Gasteiger partial charge in [-0.2, -0.15) is 10.2 Å². The molecule has 3 rings (SSSR count). The Hall–Kier alpha value is -1.67. The van der Waals surface area contributed by atoms with E-state index < -0.39 is 9.84 Å². The van der Waals surface area contributed by atoms with Gasteiger partial charge in [-0.3, -0.25) is 14.7 Å². The Morgan fingerprint density at radius 1 is 1.39 bits per heavy atom. The van der Waals surface area contributed by atoms with E-state index in [4.69, 9.17) is 0 Å². The second kappa shape index (κ2) is 6.45. The molecule has 1 fully saturated rings. The van der Waals surface area contributed by atoms with Crippen LogP contribution in [-0.4, -0.2) is 52.6 Å². The summed E-state index contributed by atoms with van der Waals surface area (Å²) in [6.07, 6.45) is 8.67. The van der Waals surface area contributed by atoms with E-state index in [1.807, 2.05) is 10.9 Å². The Balaban J connectivity index is 1.66. The Kier molecular flexibility index (Phi) is 4.54. The standard InChI is InChI=1S/C15H23N5O2S/c1-3-5-20-10-12(7-17-20)9-19-6-4-13(11-19)15-14(8-16-18-15)23(2,21)22/h7-8,10,13H,3-6,9,11H2,1-2H3,(H,16,18)/t13-/m1/s1. The third-order valence-electron chi connectivity index (χ3n) is 4.26. The average molecular weight is 337 g/mol. The molecule has 0 aromatic carbocycles. The molecule has 0 radical (unpaired) electrons. The van der Waals surface area contributed by atoms with Gasteiger partial charge < -0.3 is 0 Å². The highest BCUT2D eigenvalue weighted by atomic mass is 32.2. The van der Waals surface area contributed by atoms with E-state index >= 15 is 0 Å². The van der Waals surface area contributed by atoms with Crippen LogP contribution in [0.15, 0.2) is 23.5 Å². The molecule has 23 heavy (non-hydrogen) atoms. The number of nitrogens with one attached hydrogen (secondary N) is 1. The molecule has 1 saturated heterocycles. The number of aromatic amines is 1. The van der Waals surface area contributed by atoms with Crippen LogP contribution in [0.4, 0.5) is 0 Å². The summed E-state index contributed by atoms with van der Waals surface area (Å²) in [5, 5.41) is 11.2. The van der Waals surface area contributed by atoms with Crippen LogP contribution in [0.2, 0.25) is 0 Å². The molecule has 126 valence electrons. The minimum absolute atomic E-state index is 0.188. The molecule has 0 bridgehead atoms. The highest BCUT2D eigenvalue weighted by Crippen LogP contribution is 2.30. The highest BCUT2D eigenvalue weighted by Gasteiger charge is 2.29. The lowest BCUT2D eigenvalue weighted by atomic mass is 10.1. The molecule has 1 atom stereocenters. The largest absolute Gasteiger partial charge is 0.298 e. The van der Waals surface area contributed by atoms with Crippen LogP contribution >= 0.6 is 0 Å². The Morgan fingerprint density at radius 2 is 2.22 bits per heavy atom. The summed E-state index contributed by atoms with van der Waals surface area (Å²) >= 11 is 0. The summed E-state index contributed by atoms with van der Waals surface area (Å²) in [6.45, 7) is 5.71. The van der Waals surface area contributed by atoms with E-state index in [0.29, 0.717) is 4.90 Å². The van der Waals surface area contributed by atoms with Crippen molar-refractivity contribution in [3.63, 3.8) is 0 Å². The van der Waals surface area contributed by atoms with Crippen LogP contribution in [0.25, 0.3) is 0 Å². The van der Waals surface area contributed by atoms with Crippen molar-refractivity contribution in [1.82, 2.24) is 24.9 Å². The van der Waals surface area contributed by atoms with Crippen LogP contribution in [0.5, 0.6) is 0 Å². The fourth-order valence-electron chi connectivity index (χ4n) is 3.18. The molecule has 0 spiro atoms. The molecule has 2 aromatic rings. The lowest BCUT2D eigenvalue weighted by Crippen LogP contribution is -2.20. The molecule has 1 aliphatic heterocycles. The predicted octanol–water partition coefficient (Wildman–Crippen LogP) is 1.41. The van der Waals surface area contributed by atoms with Gasteiger partial charge in [0, 0.05) is 43.6 Å². The lowest BCUT2D eigenvalue weighted by molar-refractivity contribution is 0.326. The van der Waals surface area contributed by atoms with E-state index in [9.17, 15) is 8.42 Å². The number of nitrogens with zero attached hydrogens (tertiary/aromatic N) is 4. The number of hydrogen-bond acceptors (Lipinski definition) is 5. The lowest BCUT2D eigenvalue weighted by Gasteiger charge is -2.14. The van der Waals surface area contributed by atoms with Crippen molar-refractivity contribution in [2.24, 2.45) is 0 Å². The number of hydrogen-bond donors (Lipinski definition) is 1. The topological polar surface area (TPSA) is 83.9 Å². The van der Waals surface area contributed by atoms with E-state index in [1.54, 1.807) is 0 Å². The SMILES string of the molecule is CCCn1cc(CN2CC[C@@H](c3[nH]ncc3S(C)(=O)=O)C2)cn1. The maximum Gasteiger partial charge on any atom is 0.178 e. The van der Waals surface area contributed by atoms with Gasteiger partial charge >= 0.3 is 0 Å². The van der Waals surface area contributed by atoms with Crippen molar-refractivity contribution in [1.29, 1.82) is 0 Å². The fraction of sp³-hybridized carbons (Fsp3) is 0.600. The van der Waals surface area contributed by atoms with Gasteiger partial charge in [0.2, 0.25) is 0 Å². The molecule has 0 aliphatic carbocycles. The van der Waals surface area contributed by atoms with E-state index in [2.05, 4.69) is 33.3 Å². The van der Waals surface area contributed by atoms with E-state index in [0.717, 1.165) is 44.7 Å². The third-order valence-corrected chi connectivity index (χ3v) is 5.38. The molecule has 3 heterocycles. The number of rotatable bonds is 6. The summed E-state index contributed by atoms with van der Waals surface area (Å²) in [5.74, 6) is 0.188. The number of H-pyrrole nitrogens is 1. The summed E-state index contributed by atoms with van der Waals surface area (Å²) in [7, 11) is -3.23. The zero-order chi connectivity index (χ0) is 16.4. The van der Waals surface area contributed by atoms with Crippen LogP contribution < -0.4 is 0 Å². The highest BCUT2D eigenvalue weighted by molar-refractivity contribution is 7.90. The molecule has 0 unspecified atom stereocenters. The molecule has 1 aliphatic rings. The van der Waals surface area contributed by atoms with Gasteiger partial charge in [-0.1, -0.05) is 6.92 Å². The molecule has 0 saturated carbocycles. The number of aryl methyl sites for hydroxylation is 1. The van der Waals surface area contributed by atoms with Gasteiger partial charge in [-0.05, 0) is 19.4 Å². The van der Waals surface area contributed by atoms with Crippen molar-refractivity contribution in [3.8, 4) is 0 Å². The monoisotopic (exact) mass is 337 g/mol. The van der Waals surface area contributed by atoms with Crippen LogP contribution in [0.1, 0.15) is 36.9 Å². The van der Waals surface area contributed by atoms with Crippen molar-refractivity contribution in [3.05, 3.63) is 29.8 Å². The zero-order valence-corrected chi connectivity index (χ0v) is 14.4. The van der Waals surface area contributed by atoms with E-state index in [-0.39, 0.29) is 5.92 Å². The van der Waals surface area contributed by atoms with Gasteiger partial charge in [-0.25, -0.2) is 8.42 Å². The smallest absolute Gasteiger partial charge is 0.178 e. The number of aromatic nitrogens is 4. The first-order chi connectivity index (χ1) is 11.0. The molecule has 2 aromatic heterocycles. The Morgan fingerprint density at radius 3 is 2.96 bits per heavy atom. The minimum Gasteiger partial charge on any atom is -0.298 e. The quantitative estimate of drug-likeness (QED) is 0.861. The first-order valence-corrected chi connectivity index (χ1v) is 9.83. The molecule has 8 heteroatoms. The minimum atomic E-state index is -3.23. The van der Waals surface area contributed by atoms with Gasteiger partial charge in [0.05, 0.1) is 18.1 Å². The second-order valence-corrected chi connectivity index (χ2v) is 8.24. The maximum absolute atomic E-state index is 11.8. The fourth-order valence-corrected chi connectivity index (χ4v) is 4.04. The Bertz CT molecular complexity index is 764. The van der Waals surface area contributed by atoms with Gasteiger partial charge in [0.1, 0.15) is 4.90 Å². The first kappa shape index (κ1) is 16.2. The van der Waals surface area contributed by atoms with Crippen LogP contribution in [0.3, 0.4) is 0 Å². The number of sulfone groups is 1. The molecule has 0 amide bonds. The van der Waals surface area contributed by atoms with Crippen LogP contribution in [-0.2, 0) is 22.9 Å². The number of likely N-dealkylation sites (tertiary alicyclic amines) is 1. The normalized spacial score (nSPS) is 19.5. The Labute approximate surface area is 136 Å². The predicted molar refractivity (Wildman–Crippen MR) is 86.9 cm³/mol. The van der Waals surface area contributed by atoms with Crippen LogP contribution in [0, 0.1) is 0 Å². The van der Waals surface area contributed by atoms with Crippen molar-refractivity contribution < 1.29 is 8.42 Å². The van der Waals surface area contributed by atoms with Gasteiger partial charge in [-0.15, -0.1) is 0 Å². The summed E-state index contributed by atoms with van der Waals surface area (Å²) < 4.78 is 25.6. The molecule has 1 N–H and O–H groups in total. The van der Waals surface area contributed by atoms with Crippen molar-refractivity contribution in [2.45, 2.75) is 43.7 Å². The average Bonchev–Trinajstić information content (AvgIpc) is 3.18. The van der Waals surface area contributed by atoms with Gasteiger partial charge in [0.15, 0.2) is 9.84 Å². The van der Waals surface area contributed by atoms with E-state index in [1.165, 1.54) is 18.0 Å². The summed E-state index contributed by atoms with van der Waals surface area (Å²) in [6, 6.07) is 0. The third kappa shape index (κ3) is 3.64. The second-order valence-electron chi connectivity index (χ2n) is 6.25. The maximum atomic E-state index is 11.8. The van der Waals surface area contributed by atoms with Crippen molar-refractivity contribution >= 4 is 9.84 Å². The molecule has 7 nitrogen and oxygen atoms in total. The first-order valence-electron chi connectivity index (χ1n) is 7.94. The van der Waals surface area contributed by atoms with Gasteiger partial charge in [0.25, 0.3) is 0 Å². The summed E-state index contributed by atoms with van der Waals surface area (Å²) in [5.41, 5.74) is 1.95. The summed E-state index contributed by atoms with van der Waals surface area (Å²) in [4.78, 5) is 2.67. The molecular formula is C15H23N5O2S. The molecular weight excluding hydrogens is 314 g/mol.